The molecule has 84 heavy (non-hydrogen) atoms. The highest BCUT2D eigenvalue weighted by atomic mass is 16.6. The van der Waals surface area contributed by atoms with Crippen molar-refractivity contribution in [2.24, 2.45) is 70.0 Å². The monoisotopic (exact) mass is 1150 g/mol. The minimum Gasteiger partial charge on any atom is -0.457 e. The van der Waals surface area contributed by atoms with Crippen LogP contribution in [0.4, 0.5) is 0 Å². The second-order valence-electron chi connectivity index (χ2n) is 29.9. The largest absolute Gasteiger partial charge is 0.457 e. The van der Waals surface area contributed by atoms with Crippen LogP contribution in [0.15, 0.2) is 72.8 Å². The SMILES string of the molecule is CCC(C)c1ccc(C(=O)OC(C)(C)C23CC4CC5C6CC(CC52)CC3C6C4)cc1.CCC(C)c1ccc(C(=O)OCC(=O)OC(C)(C)C23CC4CC(CC(C4)C2)C3)cc1.CCC(C)c1ccc(C(=O)OCC(=O)OC2(C)CCCCC2)cc1. The first-order chi connectivity index (χ1) is 40.0. The number of rotatable bonds is 18. The Morgan fingerprint density at radius 2 is 0.857 bits per heavy atom. The zero-order chi connectivity index (χ0) is 59.9. The summed E-state index contributed by atoms with van der Waals surface area (Å²) < 4.78 is 28.3. The van der Waals surface area contributed by atoms with Crippen LogP contribution >= 0.6 is 0 Å². The second-order valence-corrected chi connectivity index (χ2v) is 29.9. The highest BCUT2D eigenvalue weighted by molar-refractivity contribution is 5.92. The lowest BCUT2D eigenvalue weighted by Crippen LogP contribution is -2.73. The summed E-state index contributed by atoms with van der Waals surface area (Å²) in [4.78, 5) is 62.2. The Morgan fingerprint density at radius 3 is 1.29 bits per heavy atom. The van der Waals surface area contributed by atoms with Crippen LogP contribution in [0.2, 0.25) is 0 Å². The summed E-state index contributed by atoms with van der Waals surface area (Å²) in [6.07, 6.45) is 24.5. The maximum atomic E-state index is 13.3. The van der Waals surface area contributed by atoms with E-state index in [0.717, 1.165) is 104 Å². The quantitative estimate of drug-likeness (QED) is 0.0896. The van der Waals surface area contributed by atoms with Gasteiger partial charge in [-0.05, 0) is 287 Å². The minimum atomic E-state index is -0.523. The molecule has 3 aromatic carbocycles. The first-order valence-corrected chi connectivity index (χ1v) is 33.3. The Bertz CT molecular complexity index is 2740. The predicted molar refractivity (Wildman–Crippen MR) is 328 cm³/mol. The molecule has 10 heteroatoms. The predicted octanol–water partition coefficient (Wildman–Crippen LogP) is 17.4. The molecule has 7 atom stereocenters. The molecular weight excluding hydrogens is 1050 g/mol. The van der Waals surface area contributed by atoms with Gasteiger partial charge in [0, 0.05) is 10.8 Å². The van der Waals surface area contributed by atoms with Crippen LogP contribution in [0.25, 0.3) is 0 Å². The van der Waals surface area contributed by atoms with E-state index >= 15 is 0 Å². The fourth-order valence-electron chi connectivity index (χ4n) is 19.4. The molecule has 0 spiro atoms. The van der Waals surface area contributed by atoms with Crippen molar-refractivity contribution in [1.29, 1.82) is 0 Å². The summed E-state index contributed by atoms with van der Waals surface area (Å²) >= 11 is 0. The first kappa shape index (κ1) is 62.1. The van der Waals surface area contributed by atoms with Gasteiger partial charge in [-0.2, -0.15) is 0 Å². The molecule has 0 N–H and O–H groups in total. The Balaban J connectivity index is 0.000000142. The van der Waals surface area contributed by atoms with Crippen LogP contribution in [0.3, 0.4) is 0 Å². The standard InChI is InChI=1S/C28H38O2.C26H36O4.C20H28O4/c1-5-16(2)19-6-8-20(9-7-19)26(29)30-27(3,4)28-15-18-11-22-21-10-17(13-24(22)28)14-25(28)23(21)12-18;1-5-17(2)21-6-8-22(9-7-21)24(28)29-16-23(27)30-25(3,4)26-13-18-10-19(14-26)12-20(11-18)15-26;1-4-15(2)16-8-10-17(11-9-16)19(22)23-14-18(21)24-20(3)12-6-5-7-13-20/h6-9,16-18,21-25H,5,10-15H2,1-4H3;6-9,17-20H,5,10-16H2,1-4H3;8-11,15H,4-7,12-14H2,1-3H3. The maximum Gasteiger partial charge on any atom is 0.344 e. The molecule has 0 heterocycles. The smallest absolute Gasteiger partial charge is 0.344 e. The second kappa shape index (κ2) is 25.0. The average Bonchev–Trinajstić information content (AvgIpc) is 1.37. The van der Waals surface area contributed by atoms with Gasteiger partial charge in [-0.25, -0.2) is 24.0 Å². The van der Waals surface area contributed by atoms with Gasteiger partial charge in [0.15, 0.2) is 13.2 Å². The van der Waals surface area contributed by atoms with Gasteiger partial charge in [0.1, 0.15) is 16.8 Å². The molecule has 12 aliphatic rings. The molecule has 12 bridgehead atoms. The van der Waals surface area contributed by atoms with Crippen LogP contribution in [-0.2, 0) is 33.3 Å². The average molecular weight is 1150 g/mol. The lowest BCUT2D eigenvalue weighted by molar-refractivity contribution is -0.304. The molecule has 7 unspecified atom stereocenters. The van der Waals surface area contributed by atoms with Crippen molar-refractivity contribution in [3.05, 3.63) is 106 Å². The number of esters is 5. The van der Waals surface area contributed by atoms with Crippen molar-refractivity contribution in [3.63, 3.8) is 0 Å². The van der Waals surface area contributed by atoms with Crippen LogP contribution in [0.1, 0.15) is 270 Å². The molecule has 0 amide bonds. The van der Waals surface area contributed by atoms with Crippen LogP contribution in [-0.4, -0.2) is 59.9 Å². The molecule has 0 radical (unpaired) electrons. The van der Waals surface area contributed by atoms with E-state index in [1.54, 1.807) is 24.3 Å². The molecule has 3 aromatic rings. The third kappa shape index (κ3) is 12.6. The molecule has 0 aliphatic heterocycles. The molecule has 0 saturated heterocycles. The normalized spacial score (nSPS) is 31.7. The fraction of sp³-hybridized carbons (Fsp3) is 0.689. The van der Waals surface area contributed by atoms with Crippen molar-refractivity contribution in [3.8, 4) is 0 Å². The van der Waals surface area contributed by atoms with Gasteiger partial charge in [-0.3, -0.25) is 0 Å². The number of benzene rings is 3. The van der Waals surface area contributed by atoms with E-state index in [-0.39, 0.29) is 35.6 Å². The molecule has 458 valence electrons. The highest BCUT2D eigenvalue weighted by Gasteiger charge is 2.74. The van der Waals surface area contributed by atoms with Crippen molar-refractivity contribution in [2.75, 3.05) is 13.2 Å². The summed E-state index contributed by atoms with van der Waals surface area (Å²) in [6, 6.07) is 23.0. The van der Waals surface area contributed by atoms with Crippen molar-refractivity contribution < 1.29 is 47.7 Å². The first-order valence-electron chi connectivity index (χ1n) is 33.3. The van der Waals surface area contributed by atoms with E-state index in [2.05, 4.69) is 81.4 Å². The van der Waals surface area contributed by atoms with E-state index in [1.165, 1.54) is 100 Å². The Hall–Kier alpha value is -4.99. The summed E-state index contributed by atoms with van der Waals surface area (Å²) in [5.74, 6) is 8.11. The summed E-state index contributed by atoms with van der Waals surface area (Å²) in [5, 5.41) is 0. The van der Waals surface area contributed by atoms with Gasteiger partial charge in [0.05, 0.1) is 16.7 Å². The topological polar surface area (TPSA) is 132 Å². The highest BCUT2D eigenvalue weighted by Crippen LogP contribution is 2.78. The summed E-state index contributed by atoms with van der Waals surface area (Å²) in [5.41, 5.74) is 4.35. The van der Waals surface area contributed by atoms with Crippen molar-refractivity contribution in [1.82, 2.24) is 0 Å². The van der Waals surface area contributed by atoms with E-state index in [9.17, 15) is 24.0 Å². The molecule has 12 saturated carbocycles. The molecule has 12 fully saturated rings. The third-order valence-electron chi connectivity index (χ3n) is 24.1. The van der Waals surface area contributed by atoms with E-state index in [1.807, 2.05) is 43.3 Å². The molecule has 12 aliphatic carbocycles. The zero-order valence-corrected chi connectivity index (χ0v) is 53.1. The number of hydrogen-bond donors (Lipinski definition) is 0. The fourth-order valence-corrected chi connectivity index (χ4v) is 19.4. The minimum absolute atomic E-state index is 0.0905. The lowest BCUT2D eigenvalue weighted by Gasteiger charge is -2.77. The van der Waals surface area contributed by atoms with Gasteiger partial charge >= 0.3 is 29.8 Å². The number of ether oxygens (including phenoxy) is 5. The number of hydrogen-bond acceptors (Lipinski definition) is 10. The van der Waals surface area contributed by atoms with Gasteiger partial charge in [0.2, 0.25) is 0 Å². The van der Waals surface area contributed by atoms with E-state index in [0.29, 0.717) is 34.4 Å². The summed E-state index contributed by atoms with van der Waals surface area (Å²) in [6.45, 7) is 23.0. The van der Waals surface area contributed by atoms with E-state index < -0.39 is 35.1 Å². The Labute approximate surface area is 503 Å². The molecule has 0 aromatic heterocycles. The van der Waals surface area contributed by atoms with Crippen LogP contribution in [0.5, 0.6) is 0 Å². The number of carbonyl (C=O) groups excluding carboxylic acids is 5. The summed E-state index contributed by atoms with van der Waals surface area (Å²) in [7, 11) is 0. The van der Waals surface area contributed by atoms with Crippen LogP contribution in [0, 0.1) is 70.0 Å². The Kier molecular flexibility index (Phi) is 18.5. The van der Waals surface area contributed by atoms with Crippen LogP contribution < -0.4 is 0 Å². The van der Waals surface area contributed by atoms with Crippen molar-refractivity contribution in [2.45, 2.75) is 239 Å². The molecular formula is C74H102O10. The third-order valence-corrected chi connectivity index (χ3v) is 24.1. The maximum absolute atomic E-state index is 13.3. The van der Waals surface area contributed by atoms with Crippen molar-refractivity contribution >= 4 is 29.8 Å². The zero-order valence-electron chi connectivity index (χ0n) is 53.1. The lowest BCUT2D eigenvalue weighted by atomic mass is 9.28. The van der Waals surface area contributed by atoms with Gasteiger partial charge in [-0.1, -0.05) is 84.4 Å². The molecule has 15 rings (SSSR count). The van der Waals surface area contributed by atoms with Gasteiger partial charge in [0.25, 0.3) is 0 Å². The number of carbonyl (C=O) groups is 5. The van der Waals surface area contributed by atoms with E-state index in [4.69, 9.17) is 23.7 Å². The Morgan fingerprint density at radius 1 is 0.464 bits per heavy atom. The van der Waals surface area contributed by atoms with Gasteiger partial charge < -0.3 is 23.7 Å². The van der Waals surface area contributed by atoms with Gasteiger partial charge in [-0.15, -0.1) is 0 Å². The molecule has 10 nitrogen and oxygen atoms in total.